The van der Waals surface area contributed by atoms with Crippen molar-refractivity contribution in [1.29, 1.82) is 0 Å². The molecular weight excluding hydrogens is 403 g/mol. The highest BCUT2D eigenvalue weighted by molar-refractivity contribution is 14.0. The van der Waals surface area contributed by atoms with Crippen molar-refractivity contribution in [3.63, 3.8) is 0 Å². The summed E-state index contributed by atoms with van der Waals surface area (Å²) in [6, 6.07) is 10.3. The summed E-state index contributed by atoms with van der Waals surface area (Å²) in [5, 5.41) is 9.33. The van der Waals surface area contributed by atoms with Crippen molar-refractivity contribution < 1.29 is 4.79 Å². The van der Waals surface area contributed by atoms with Crippen molar-refractivity contribution in [2.45, 2.75) is 27.2 Å². The minimum atomic E-state index is -0.479. The molecular formula is C17H29IN4O. The van der Waals surface area contributed by atoms with Crippen LogP contribution in [0.2, 0.25) is 0 Å². The SMILES string of the molecule is CCNC(=O)C(C)(C)CNC(=NC)NCCc1ccccc1.I. The maximum absolute atomic E-state index is 12.0. The van der Waals surface area contributed by atoms with Crippen molar-refractivity contribution in [2.75, 3.05) is 26.7 Å². The summed E-state index contributed by atoms with van der Waals surface area (Å²) in [5.41, 5.74) is 0.806. The van der Waals surface area contributed by atoms with Gasteiger partial charge in [0, 0.05) is 26.7 Å². The molecule has 5 nitrogen and oxygen atoms in total. The zero-order chi connectivity index (χ0) is 16.4. The number of rotatable bonds is 7. The van der Waals surface area contributed by atoms with E-state index in [1.165, 1.54) is 5.56 Å². The molecule has 0 saturated heterocycles. The highest BCUT2D eigenvalue weighted by Gasteiger charge is 2.27. The topological polar surface area (TPSA) is 65.5 Å². The van der Waals surface area contributed by atoms with Crippen LogP contribution in [0, 0.1) is 5.41 Å². The summed E-state index contributed by atoms with van der Waals surface area (Å²) < 4.78 is 0. The molecule has 0 unspecified atom stereocenters. The molecule has 1 aromatic rings. The second-order valence-corrected chi connectivity index (χ2v) is 5.83. The Kier molecular flexibility index (Phi) is 10.6. The first-order chi connectivity index (χ1) is 10.5. The van der Waals surface area contributed by atoms with Crippen LogP contribution in [0.1, 0.15) is 26.3 Å². The summed E-state index contributed by atoms with van der Waals surface area (Å²) in [6.45, 7) is 7.73. The van der Waals surface area contributed by atoms with E-state index in [1.54, 1.807) is 7.05 Å². The molecule has 0 radical (unpaired) electrons. The Balaban J connectivity index is 0.00000484. The highest BCUT2D eigenvalue weighted by Crippen LogP contribution is 2.13. The van der Waals surface area contributed by atoms with Gasteiger partial charge in [-0.1, -0.05) is 30.3 Å². The number of halogens is 1. The molecule has 0 atom stereocenters. The molecule has 3 N–H and O–H groups in total. The number of amides is 1. The van der Waals surface area contributed by atoms with E-state index >= 15 is 0 Å². The molecule has 0 aliphatic carbocycles. The van der Waals surface area contributed by atoms with E-state index in [-0.39, 0.29) is 29.9 Å². The lowest BCUT2D eigenvalue weighted by atomic mass is 9.92. The molecule has 0 saturated carbocycles. The maximum Gasteiger partial charge on any atom is 0.227 e. The van der Waals surface area contributed by atoms with E-state index in [1.807, 2.05) is 39.0 Å². The summed E-state index contributed by atoms with van der Waals surface area (Å²) in [4.78, 5) is 16.1. The largest absolute Gasteiger partial charge is 0.356 e. The van der Waals surface area contributed by atoms with Gasteiger partial charge in [-0.15, -0.1) is 24.0 Å². The van der Waals surface area contributed by atoms with Crippen molar-refractivity contribution in [1.82, 2.24) is 16.0 Å². The number of carbonyl (C=O) groups excluding carboxylic acids is 1. The molecule has 0 aliphatic heterocycles. The van der Waals surface area contributed by atoms with E-state index in [2.05, 4.69) is 33.1 Å². The van der Waals surface area contributed by atoms with Gasteiger partial charge < -0.3 is 16.0 Å². The third kappa shape index (κ3) is 8.20. The normalized spacial score (nSPS) is 11.4. The summed E-state index contributed by atoms with van der Waals surface area (Å²) in [7, 11) is 1.73. The molecule has 0 spiro atoms. The van der Waals surface area contributed by atoms with Gasteiger partial charge in [-0.25, -0.2) is 0 Å². The average molecular weight is 432 g/mol. The van der Waals surface area contributed by atoms with Crippen LogP contribution in [0.3, 0.4) is 0 Å². The lowest BCUT2D eigenvalue weighted by Gasteiger charge is -2.24. The predicted molar refractivity (Wildman–Crippen MR) is 107 cm³/mol. The molecule has 0 heterocycles. The molecule has 1 amide bonds. The van der Waals surface area contributed by atoms with E-state index in [4.69, 9.17) is 0 Å². The Morgan fingerprint density at radius 2 is 1.78 bits per heavy atom. The first-order valence-corrected chi connectivity index (χ1v) is 7.76. The lowest BCUT2D eigenvalue weighted by Crippen LogP contribution is -2.48. The first-order valence-electron chi connectivity index (χ1n) is 7.76. The molecule has 0 fully saturated rings. The number of hydrogen-bond acceptors (Lipinski definition) is 2. The predicted octanol–water partition coefficient (Wildman–Crippen LogP) is 2.17. The van der Waals surface area contributed by atoms with Crippen molar-refractivity contribution in [3.05, 3.63) is 35.9 Å². The Bertz CT molecular complexity index is 489. The second-order valence-electron chi connectivity index (χ2n) is 5.83. The van der Waals surface area contributed by atoms with Gasteiger partial charge in [0.25, 0.3) is 0 Å². The van der Waals surface area contributed by atoms with Crippen LogP contribution in [-0.2, 0) is 11.2 Å². The number of nitrogens with one attached hydrogen (secondary N) is 3. The van der Waals surface area contributed by atoms with Gasteiger partial charge in [0.2, 0.25) is 5.91 Å². The third-order valence-corrected chi connectivity index (χ3v) is 3.42. The third-order valence-electron chi connectivity index (χ3n) is 3.42. The fourth-order valence-corrected chi connectivity index (χ4v) is 1.98. The quantitative estimate of drug-likeness (QED) is 0.352. The van der Waals surface area contributed by atoms with Gasteiger partial charge in [-0.05, 0) is 32.8 Å². The summed E-state index contributed by atoms with van der Waals surface area (Å²) in [6.07, 6.45) is 0.932. The Morgan fingerprint density at radius 3 is 2.35 bits per heavy atom. The van der Waals surface area contributed by atoms with Crippen LogP contribution in [0.25, 0.3) is 0 Å². The second kappa shape index (κ2) is 11.3. The summed E-state index contributed by atoms with van der Waals surface area (Å²) >= 11 is 0. The van der Waals surface area contributed by atoms with Gasteiger partial charge in [0.05, 0.1) is 5.41 Å². The van der Waals surface area contributed by atoms with Crippen molar-refractivity contribution in [3.8, 4) is 0 Å². The fraction of sp³-hybridized carbons (Fsp3) is 0.529. The molecule has 0 aromatic heterocycles. The lowest BCUT2D eigenvalue weighted by molar-refractivity contribution is -0.128. The highest BCUT2D eigenvalue weighted by atomic mass is 127. The zero-order valence-corrected chi connectivity index (χ0v) is 16.8. The van der Waals surface area contributed by atoms with Gasteiger partial charge in [-0.2, -0.15) is 0 Å². The molecule has 23 heavy (non-hydrogen) atoms. The first kappa shape index (κ1) is 21.7. The maximum atomic E-state index is 12.0. The van der Waals surface area contributed by atoms with Crippen LogP contribution in [0.5, 0.6) is 0 Å². The molecule has 1 rings (SSSR count). The smallest absolute Gasteiger partial charge is 0.227 e. The van der Waals surface area contributed by atoms with Gasteiger partial charge in [0.15, 0.2) is 5.96 Å². The van der Waals surface area contributed by atoms with Crippen molar-refractivity contribution in [2.24, 2.45) is 10.4 Å². The van der Waals surface area contributed by atoms with Gasteiger partial charge in [0.1, 0.15) is 0 Å². The zero-order valence-electron chi connectivity index (χ0n) is 14.5. The van der Waals surface area contributed by atoms with Crippen molar-refractivity contribution >= 4 is 35.8 Å². The van der Waals surface area contributed by atoms with Gasteiger partial charge in [-0.3, -0.25) is 9.79 Å². The molecule has 6 heteroatoms. The van der Waals surface area contributed by atoms with E-state index < -0.39 is 5.41 Å². The molecule has 130 valence electrons. The van der Waals surface area contributed by atoms with Crippen LogP contribution in [0.15, 0.2) is 35.3 Å². The minimum Gasteiger partial charge on any atom is -0.356 e. The molecule has 1 aromatic carbocycles. The van der Waals surface area contributed by atoms with Gasteiger partial charge >= 0.3 is 0 Å². The van der Waals surface area contributed by atoms with Crippen LogP contribution < -0.4 is 16.0 Å². The molecule has 0 aliphatic rings. The van der Waals surface area contributed by atoms with Crippen LogP contribution in [0.4, 0.5) is 0 Å². The number of carbonyl (C=O) groups is 1. The number of hydrogen-bond donors (Lipinski definition) is 3. The Labute approximate surface area is 156 Å². The average Bonchev–Trinajstić information content (AvgIpc) is 2.52. The fourth-order valence-electron chi connectivity index (χ4n) is 1.98. The number of benzene rings is 1. The number of guanidine groups is 1. The Morgan fingerprint density at radius 1 is 1.13 bits per heavy atom. The van der Waals surface area contributed by atoms with Crippen LogP contribution in [-0.4, -0.2) is 38.5 Å². The Hall–Kier alpha value is -1.31. The monoisotopic (exact) mass is 432 g/mol. The minimum absolute atomic E-state index is 0. The number of aliphatic imine (C=N–C) groups is 1. The standard InChI is InChI=1S/C17H28N4O.HI/c1-5-19-15(22)17(2,3)13-21-16(18-4)20-12-11-14-9-7-6-8-10-14;/h6-10H,5,11-13H2,1-4H3,(H,19,22)(H2,18,20,21);1H. The number of nitrogens with zero attached hydrogens (tertiary/aromatic N) is 1. The van der Waals surface area contributed by atoms with Crippen LogP contribution >= 0.6 is 24.0 Å². The molecule has 0 bridgehead atoms. The van der Waals surface area contributed by atoms with E-state index in [9.17, 15) is 4.79 Å². The van der Waals surface area contributed by atoms with E-state index in [0.717, 1.165) is 13.0 Å². The van der Waals surface area contributed by atoms with E-state index in [0.29, 0.717) is 19.0 Å². The summed E-state index contributed by atoms with van der Waals surface area (Å²) in [5.74, 6) is 0.760.